The van der Waals surface area contributed by atoms with E-state index < -0.39 is 11.4 Å². The summed E-state index contributed by atoms with van der Waals surface area (Å²) in [4.78, 5) is 14.7. The van der Waals surface area contributed by atoms with Gasteiger partial charge in [0.25, 0.3) is 0 Å². The normalized spacial score (nSPS) is 16.6. The first-order valence-corrected chi connectivity index (χ1v) is 6.67. The molecule has 0 bridgehead atoms. The van der Waals surface area contributed by atoms with Crippen LogP contribution in [0.4, 0.5) is 4.39 Å². The molecule has 0 heterocycles. The zero-order valence-corrected chi connectivity index (χ0v) is 12.1. The van der Waals surface area contributed by atoms with E-state index in [9.17, 15) is 9.18 Å². The predicted octanol–water partition coefficient (Wildman–Crippen LogP) is 3.60. The highest BCUT2D eigenvalue weighted by Gasteiger charge is 2.40. The van der Waals surface area contributed by atoms with Crippen LogP contribution in [-0.2, 0) is 10.3 Å². The number of ether oxygens (including phenoxy) is 2. The molecule has 1 aromatic carbocycles. The number of isocyanates is 1. The Hall–Kier alpha value is -1.58. The highest BCUT2D eigenvalue weighted by atomic mass is 35.5. The van der Waals surface area contributed by atoms with Gasteiger partial charge in [-0.25, -0.2) is 9.18 Å². The largest absolute Gasteiger partial charge is 0.492 e. The second kappa shape index (κ2) is 5.81. The van der Waals surface area contributed by atoms with E-state index in [0.29, 0.717) is 18.4 Å². The number of hydrogen-bond donors (Lipinski definition) is 0. The minimum atomic E-state index is -0.752. The van der Waals surface area contributed by atoms with Crippen LogP contribution in [0.5, 0.6) is 11.5 Å². The van der Waals surface area contributed by atoms with Crippen LogP contribution in [0.15, 0.2) is 11.1 Å². The summed E-state index contributed by atoms with van der Waals surface area (Å²) >= 11 is 5.92. The van der Waals surface area contributed by atoms with E-state index in [0.717, 1.165) is 12.8 Å². The van der Waals surface area contributed by atoms with E-state index >= 15 is 0 Å². The van der Waals surface area contributed by atoms with Crippen LogP contribution < -0.4 is 9.47 Å². The van der Waals surface area contributed by atoms with Crippen LogP contribution in [0, 0.1) is 5.82 Å². The van der Waals surface area contributed by atoms with Crippen LogP contribution in [-0.4, -0.2) is 20.3 Å². The summed E-state index contributed by atoms with van der Waals surface area (Å²) in [5.41, 5.74) is -0.179. The maximum atomic E-state index is 14.0. The summed E-state index contributed by atoms with van der Waals surface area (Å²) in [6.45, 7) is 0. The van der Waals surface area contributed by atoms with E-state index in [2.05, 4.69) is 4.99 Å². The summed E-state index contributed by atoms with van der Waals surface area (Å²) < 4.78 is 24.3. The van der Waals surface area contributed by atoms with Crippen molar-refractivity contribution < 1.29 is 18.7 Å². The summed E-state index contributed by atoms with van der Waals surface area (Å²) in [5.74, 6) is -0.518. The molecule has 0 amide bonds. The minimum absolute atomic E-state index is 0.0672. The van der Waals surface area contributed by atoms with Gasteiger partial charge in [-0.15, -0.1) is 0 Å². The Morgan fingerprint density at radius 3 is 2.40 bits per heavy atom. The number of aliphatic imine (C=N–C) groups is 1. The average Bonchev–Trinajstić information content (AvgIpc) is 2.91. The van der Waals surface area contributed by atoms with Gasteiger partial charge in [0, 0.05) is 5.56 Å². The molecule has 4 nitrogen and oxygen atoms in total. The molecule has 1 aromatic rings. The van der Waals surface area contributed by atoms with Crippen LogP contribution in [0.1, 0.15) is 31.2 Å². The second-order valence-electron chi connectivity index (χ2n) is 4.73. The average molecular weight is 300 g/mol. The summed E-state index contributed by atoms with van der Waals surface area (Å²) in [6.07, 6.45) is 4.80. The number of rotatable bonds is 4. The fraction of sp³-hybridized carbons (Fsp3) is 0.500. The first kappa shape index (κ1) is 14.8. The third-order valence-electron chi connectivity index (χ3n) is 3.73. The molecule has 0 saturated heterocycles. The van der Waals surface area contributed by atoms with Crippen molar-refractivity contribution in [2.24, 2.45) is 4.99 Å². The number of carbonyl (C=O) groups excluding carboxylic acids is 1. The molecule has 0 atom stereocenters. The van der Waals surface area contributed by atoms with E-state index in [1.54, 1.807) is 6.08 Å². The van der Waals surface area contributed by atoms with Crippen molar-refractivity contribution in [3.63, 3.8) is 0 Å². The smallest absolute Gasteiger partial charge is 0.235 e. The van der Waals surface area contributed by atoms with Crippen molar-refractivity contribution in [1.82, 2.24) is 0 Å². The Morgan fingerprint density at radius 1 is 1.30 bits per heavy atom. The number of benzene rings is 1. The van der Waals surface area contributed by atoms with Crippen molar-refractivity contribution >= 4 is 17.7 Å². The molecule has 20 heavy (non-hydrogen) atoms. The third-order valence-corrected chi connectivity index (χ3v) is 4.01. The summed E-state index contributed by atoms with van der Waals surface area (Å²) in [5, 5.41) is -0.0787. The van der Waals surface area contributed by atoms with E-state index in [1.165, 1.54) is 20.3 Å². The topological polar surface area (TPSA) is 47.9 Å². The fourth-order valence-corrected chi connectivity index (χ4v) is 3.00. The Balaban J connectivity index is 2.72. The highest BCUT2D eigenvalue weighted by Crippen LogP contribution is 2.50. The maximum absolute atomic E-state index is 14.0. The molecule has 108 valence electrons. The zero-order valence-electron chi connectivity index (χ0n) is 11.3. The number of nitrogens with zero attached hydrogens (tertiary/aromatic N) is 1. The Kier molecular flexibility index (Phi) is 4.31. The van der Waals surface area contributed by atoms with Crippen LogP contribution in [0.2, 0.25) is 5.02 Å². The SMILES string of the molecule is COc1c(C2(N=C=O)CCCC2)cc(Cl)c(F)c1OC. The molecule has 1 aliphatic carbocycles. The molecule has 0 spiro atoms. The number of methoxy groups -OCH3 is 2. The lowest BCUT2D eigenvalue weighted by atomic mass is 9.87. The summed E-state index contributed by atoms with van der Waals surface area (Å²) in [6, 6.07) is 1.46. The zero-order chi connectivity index (χ0) is 14.8. The second-order valence-corrected chi connectivity index (χ2v) is 5.14. The lowest BCUT2D eigenvalue weighted by Crippen LogP contribution is -2.20. The molecule has 1 aliphatic rings. The Morgan fingerprint density at radius 2 is 1.90 bits per heavy atom. The predicted molar refractivity (Wildman–Crippen MR) is 72.8 cm³/mol. The van der Waals surface area contributed by atoms with Crippen LogP contribution in [0.25, 0.3) is 0 Å². The molecular formula is C14H15ClFNO3. The highest BCUT2D eigenvalue weighted by molar-refractivity contribution is 6.31. The van der Waals surface area contributed by atoms with Crippen molar-refractivity contribution in [3.05, 3.63) is 22.5 Å². The van der Waals surface area contributed by atoms with Gasteiger partial charge in [-0.1, -0.05) is 24.4 Å². The number of hydrogen-bond acceptors (Lipinski definition) is 4. The summed E-state index contributed by atoms with van der Waals surface area (Å²) in [7, 11) is 2.76. The monoisotopic (exact) mass is 299 g/mol. The van der Waals surface area contributed by atoms with Gasteiger partial charge in [-0.3, -0.25) is 0 Å². The minimum Gasteiger partial charge on any atom is -0.492 e. The molecule has 1 saturated carbocycles. The van der Waals surface area contributed by atoms with Gasteiger partial charge in [0.05, 0.1) is 19.2 Å². The molecule has 1 fully saturated rings. The van der Waals surface area contributed by atoms with Crippen LogP contribution >= 0.6 is 11.6 Å². The van der Waals surface area contributed by atoms with Crippen molar-refractivity contribution in [3.8, 4) is 11.5 Å². The van der Waals surface area contributed by atoms with Gasteiger partial charge in [0.15, 0.2) is 17.3 Å². The van der Waals surface area contributed by atoms with Crippen molar-refractivity contribution in [2.45, 2.75) is 31.2 Å². The quantitative estimate of drug-likeness (QED) is 0.630. The van der Waals surface area contributed by atoms with Gasteiger partial charge in [-0.2, -0.15) is 4.99 Å². The van der Waals surface area contributed by atoms with Crippen LogP contribution in [0.3, 0.4) is 0 Å². The lowest BCUT2D eigenvalue weighted by molar-refractivity contribution is 0.323. The van der Waals surface area contributed by atoms with E-state index in [1.807, 2.05) is 0 Å². The molecule has 0 aromatic heterocycles. The first-order chi connectivity index (χ1) is 9.59. The lowest BCUT2D eigenvalue weighted by Gasteiger charge is -2.26. The van der Waals surface area contributed by atoms with E-state index in [4.69, 9.17) is 21.1 Å². The molecule has 0 aliphatic heterocycles. The standard InChI is InChI=1S/C14H15ClFNO3/c1-19-12-9(7-10(15)11(16)13(12)20-2)14(17-8-18)5-3-4-6-14/h7H,3-6H2,1-2H3. The maximum Gasteiger partial charge on any atom is 0.235 e. The van der Waals surface area contributed by atoms with Gasteiger partial charge in [0.1, 0.15) is 5.54 Å². The molecule has 0 radical (unpaired) electrons. The molecule has 6 heteroatoms. The Labute approximate surface area is 121 Å². The van der Waals surface area contributed by atoms with Gasteiger partial charge in [0.2, 0.25) is 6.08 Å². The number of halogens is 2. The molecule has 2 rings (SSSR count). The third kappa shape index (κ3) is 2.28. The molecule has 0 unspecified atom stereocenters. The Bertz CT molecular complexity index is 564. The van der Waals surface area contributed by atoms with Gasteiger partial charge in [-0.05, 0) is 18.9 Å². The van der Waals surface area contributed by atoms with Crippen molar-refractivity contribution in [1.29, 1.82) is 0 Å². The van der Waals surface area contributed by atoms with Gasteiger partial charge >= 0.3 is 0 Å². The fourth-order valence-electron chi connectivity index (χ4n) is 2.81. The first-order valence-electron chi connectivity index (χ1n) is 6.29. The van der Waals surface area contributed by atoms with Gasteiger partial charge < -0.3 is 9.47 Å². The molecule has 0 N–H and O–H groups in total. The molecular weight excluding hydrogens is 285 g/mol. The van der Waals surface area contributed by atoms with Crippen molar-refractivity contribution in [2.75, 3.05) is 14.2 Å². The van der Waals surface area contributed by atoms with E-state index in [-0.39, 0.29) is 16.5 Å².